The second kappa shape index (κ2) is 8.76. The molecule has 0 saturated carbocycles. The average Bonchev–Trinajstić information content (AvgIpc) is 3.35. The molecule has 4 rings (SSSR count). The minimum absolute atomic E-state index is 0.0781. The number of carbonyl (C=O) groups is 1. The van der Waals surface area contributed by atoms with E-state index in [0.29, 0.717) is 33.2 Å². The standard InChI is InChI=1S/C21H20N4O3S2/c1-14-23-19-18(30-21(29)25(19)12-16-8-5-11-28-16)20(27)24(14)13-17(26)22-10-9-15-6-3-2-4-7-15/h2-8,11H,9-10,12-13H2,1H3,(H,22,26). The Morgan fingerprint density at radius 1 is 1.20 bits per heavy atom. The SMILES string of the molecule is Cc1nc2c(sc(=S)n2Cc2ccco2)c(=O)n1CC(=O)NCCc1ccccc1. The number of nitrogens with zero attached hydrogens (tertiary/aromatic N) is 3. The van der Waals surface area contributed by atoms with Gasteiger partial charge in [-0.25, -0.2) is 4.98 Å². The van der Waals surface area contributed by atoms with E-state index in [9.17, 15) is 9.59 Å². The van der Waals surface area contributed by atoms with Gasteiger partial charge in [-0.15, -0.1) is 0 Å². The van der Waals surface area contributed by atoms with Gasteiger partial charge in [-0.3, -0.25) is 18.7 Å². The van der Waals surface area contributed by atoms with Gasteiger partial charge in [0.25, 0.3) is 5.56 Å². The summed E-state index contributed by atoms with van der Waals surface area (Å²) in [6.07, 6.45) is 2.32. The molecule has 154 valence electrons. The van der Waals surface area contributed by atoms with Gasteiger partial charge >= 0.3 is 0 Å². The molecular formula is C21H20N4O3S2. The van der Waals surface area contributed by atoms with Crippen molar-refractivity contribution in [3.8, 4) is 0 Å². The third kappa shape index (κ3) is 4.27. The summed E-state index contributed by atoms with van der Waals surface area (Å²) >= 11 is 6.64. The van der Waals surface area contributed by atoms with Crippen molar-refractivity contribution < 1.29 is 9.21 Å². The van der Waals surface area contributed by atoms with Crippen LogP contribution in [-0.4, -0.2) is 26.6 Å². The van der Waals surface area contributed by atoms with E-state index < -0.39 is 0 Å². The number of furan rings is 1. The zero-order valence-corrected chi connectivity index (χ0v) is 18.0. The zero-order valence-electron chi connectivity index (χ0n) is 16.3. The van der Waals surface area contributed by atoms with E-state index in [1.165, 1.54) is 15.9 Å². The predicted octanol–water partition coefficient (Wildman–Crippen LogP) is 3.30. The number of benzene rings is 1. The van der Waals surface area contributed by atoms with Crippen molar-refractivity contribution in [1.29, 1.82) is 0 Å². The summed E-state index contributed by atoms with van der Waals surface area (Å²) in [4.78, 5) is 30.0. The topological polar surface area (TPSA) is 82.1 Å². The van der Waals surface area contributed by atoms with Crippen LogP contribution in [0.25, 0.3) is 10.3 Å². The van der Waals surface area contributed by atoms with Gasteiger partial charge in [-0.1, -0.05) is 41.7 Å². The van der Waals surface area contributed by atoms with E-state index in [0.717, 1.165) is 17.7 Å². The highest BCUT2D eigenvalue weighted by Gasteiger charge is 2.17. The van der Waals surface area contributed by atoms with Gasteiger partial charge in [0.1, 0.15) is 22.8 Å². The summed E-state index contributed by atoms with van der Waals surface area (Å²) in [6.45, 7) is 2.55. The fourth-order valence-corrected chi connectivity index (χ4v) is 4.49. The monoisotopic (exact) mass is 440 g/mol. The first kappa shape index (κ1) is 20.2. The normalized spacial score (nSPS) is 11.1. The van der Waals surface area contributed by atoms with Gasteiger partial charge in [-0.2, -0.15) is 0 Å². The fourth-order valence-electron chi connectivity index (χ4n) is 3.21. The number of thiazole rings is 1. The summed E-state index contributed by atoms with van der Waals surface area (Å²) < 4.78 is 9.54. The molecule has 0 radical (unpaired) electrons. The lowest BCUT2D eigenvalue weighted by Gasteiger charge is -2.11. The maximum Gasteiger partial charge on any atom is 0.273 e. The molecule has 4 aromatic rings. The number of rotatable bonds is 7. The van der Waals surface area contributed by atoms with E-state index in [-0.39, 0.29) is 18.0 Å². The molecule has 0 unspecified atom stereocenters. The van der Waals surface area contributed by atoms with E-state index in [2.05, 4.69) is 10.3 Å². The minimum Gasteiger partial charge on any atom is -0.467 e. The zero-order chi connectivity index (χ0) is 21.1. The quantitative estimate of drug-likeness (QED) is 0.446. The number of fused-ring (bicyclic) bond motifs is 1. The Labute approximate surface area is 181 Å². The second-order valence-electron chi connectivity index (χ2n) is 6.82. The fraction of sp³-hybridized carbons (Fsp3) is 0.238. The molecule has 30 heavy (non-hydrogen) atoms. The van der Waals surface area contributed by atoms with Crippen LogP contribution in [0, 0.1) is 10.9 Å². The van der Waals surface area contributed by atoms with Crippen molar-refractivity contribution in [2.75, 3.05) is 6.54 Å². The molecule has 3 aromatic heterocycles. The van der Waals surface area contributed by atoms with Crippen molar-refractivity contribution in [1.82, 2.24) is 19.4 Å². The van der Waals surface area contributed by atoms with E-state index in [4.69, 9.17) is 16.6 Å². The van der Waals surface area contributed by atoms with Crippen LogP contribution >= 0.6 is 23.6 Å². The van der Waals surface area contributed by atoms with Crippen molar-refractivity contribution in [3.05, 3.63) is 80.2 Å². The Kier molecular flexibility index (Phi) is 5.91. The maximum atomic E-state index is 13.0. The van der Waals surface area contributed by atoms with Gasteiger partial charge < -0.3 is 9.73 Å². The maximum absolute atomic E-state index is 13.0. The highest BCUT2D eigenvalue weighted by Crippen LogP contribution is 2.20. The van der Waals surface area contributed by atoms with Crippen LogP contribution in [0.2, 0.25) is 0 Å². The molecule has 1 amide bonds. The number of nitrogens with one attached hydrogen (secondary N) is 1. The van der Waals surface area contributed by atoms with Gasteiger partial charge in [0.05, 0.1) is 12.8 Å². The van der Waals surface area contributed by atoms with Gasteiger partial charge in [0, 0.05) is 6.54 Å². The Balaban J connectivity index is 1.52. The molecule has 0 aliphatic rings. The van der Waals surface area contributed by atoms with Crippen LogP contribution < -0.4 is 10.9 Å². The number of aryl methyl sites for hydroxylation is 1. The first-order valence-electron chi connectivity index (χ1n) is 9.46. The number of aromatic nitrogens is 3. The van der Waals surface area contributed by atoms with Gasteiger partial charge in [0.2, 0.25) is 5.91 Å². The largest absolute Gasteiger partial charge is 0.467 e. The Morgan fingerprint density at radius 2 is 2.00 bits per heavy atom. The van der Waals surface area contributed by atoms with Crippen molar-refractivity contribution in [2.45, 2.75) is 26.4 Å². The van der Waals surface area contributed by atoms with Crippen molar-refractivity contribution >= 4 is 39.8 Å². The number of amides is 1. The molecule has 1 aromatic carbocycles. The molecular weight excluding hydrogens is 420 g/mol. The predicted molar refractivity (Wildman–Crippen MR) is 118 cm³/mol. The highest BCUT2D eigenvalue weighted by atomic mass is 32.1. The molecule has 0 bridgehead atoms. The van der Waals surface area contributed by atoms with Crippen LogP contribution in [0.15, 0.2) is 57.9 Å². The molecule has 9 heteroatoms. The van der Waals surface area contributed by atoms with E-state index in [1.807, 2.05) is 36.4 Å². The molecule has 1 N–H and O–H groups in total. The van der Waals surface area contributed by atoms with Gasteiger partial charge in [-0.05, 0) is 43.3 Å². The Hall–Kier alpha value is -3.04. The molecule has 0 fully saturated rings. The number of carbonyl (C=O) groups excluding carboxylic acids is 1. The molecule has 0 aliphatic carbocycles. The summed E-state index contributed by atoms with van der Waals surface area (Å²) in [5.74, 6) is 0.967. The number of hydrogen-bond donors (Lipinski definition) is 1. The van der Waals surface area contributed by atoms with Crippen LogP contribution in [0.5, 0.6) is 0 Å². The second-order valence-corrected chi connectivity index (χ2v) is 8.47. The van der Waals surface area contributed by atoms with Crippen molar-refractivity contribution in [3.63, 3.8) is 0 Å². The van der Waals surface area contributed by atoms with E-state index >= 15 is 0 Å². The third-order valence-corrected chi connectivity index (χ3v) is 6.17. The first-order valence-corrected chi connectivity index (χ1v) is 10.7. The minimum atomic E-state index is -0.259. The lowest BCUT2D eigenvalue weighted by atomic mass is 10.1. The Morgan fingerprint density at radius 3 is 2.73 bits per heavy atom. The average molecular weight is 441 g/mol. The first-order chi connectivity index (χ1) is 14.5. The Bertz CT molecular complexity index is 1290. The summed E-state index contributed by atoms with van der Waals surface area (Å²) in [5.41, 5.74) is 1.40. The molecule has 0 aliphatic heterocycles. The van der Waals surface area contributed by atoms with Crippen LogP contribution in [0.4, 0.5) is 0 Å². The van der Waals surface area contributed by atoms with Crippen LogP contribution in [-0.2, 0) is 24.3 Å². The molecule has 0 saturated heterocycles. The molecule has 7 nitrogen and oxygen atoms in total. The smallest absolute Gasteiger partial charge is 0.273 e. The lowest BCUT2D eigenvalue weighted by Crippen LogP contribution is -2.34. The van der Waals surface area contributed by atoms with Crippen molar-refractivity contribution in [2.24, 2.45) is 0 Å². The molecule has 0 spiro atoms. The molecule has 0 atom stereocenters. The third-order valence-electron chi connectivity index (χ3n) is 4.74. The lowest BCUT2D eigenvalue weighted by molar-refractivity contribution is -0.121. The van der Waals surface area contributed by atoms with Crippen LogP contribution in [0.3, 0.4) is 0 Å². The van der Waals surface area contributed by atoms with Gasteiger partial charge in [0.15, 0.2) is 9.60 Å². The molecule has 3 heterocycles. The summed E-state index contributed by atoms with van der Waals surface area (Å²) in [6, 6.07) is 13.6. The summed E-state index contributed by atoms with van der Waals surface area (Å²) in [5, 5.41) is 2.87. The number of hydrogen-bond acceptors (Lipinski definition) is 6. The highest BCUT2D eigenvalue weighted by molar-refractivity contribution is 7.73. The van der Waals surface area contributed by atoms with Crippen LogP contribution in [0.1, 0.15) is 17.1 Å². The summed E-state index contributed by atoms with van der Waals surface area (Å²) in [7, 11) is 0. The van der Waals surface area contributed by atoms with E-state index in [1.54, 1.807) is 23.8 Å².